The van der Waals surface area contributed by atoms with Gasteiger partial charge in [0.15, 0.2) is 0 Å². The van der Waals surface area contributed by atoms with Crippen molar-refractivity contribution in [3.63, 3.8) is 0 Å². The first kappa shape index (κ1) is 15.0. The number of hydrogen-bond acceptors (Lipinski definition) is 3. The standard InChI is InChI=1S/C17H25NO2/c1-4-20-17(19)11-16(18-15-7-8-15)10-14-6-5-12(2)13(3)9-14/h5-6,9,15-16,18H,4,7-8,10-11H2,1-3H3. The molecule has 1 N–H and O–H groups in total. The molecule has 1 aromatic carbocycles. The van der Waals surface area contributed by atoms with Crippen molar-refractivity contribution < 1.29 is 9.53 Å². The van der Waals surface area contributed by atoms with Gasteiger partial charge in [0.05, 0.1) is 13.0 Å². The van der Waals surface area contributed by atoms with Gasteiger partial charge in [0.25, 0.3) is 0 Å². The van der Waals surface area contributed by atoms with E-state index in [9.17, 15) is 4.79 Å². The van der Waals surface area contributed by atoms with E-state index in [0.29, 0.717) is 19.1 Å². The van der Waals surface area contributed by atoms with Crippen LogP contribution in [0.5, 0.6) is 0 Å². The molecule has 1 unspecified atom stereocenters. The number of benzene rings is 1. The van der Waals surface area contributed by atoms with Gasteiger partial charge >= 0.3 is 5.97 Å². The van der Waals surface area contributed by atoms with Crippen LogP contribution in [0.3, 0.4) is 0 Å². The smallest absolute Gasteiger partial charge is 0.307 e. The number of nitrogens with one attached hydrogen (secondary N) is 1. The highest BCUT2D eigenvalue weighted by atomic mass is 16.5. The lowest BCUT2D eigenvalue weighted by atomic mass is 9.99. The molecule has 0 aliphatic heterocycles. The van der Waals surface area contributed by atoms with E-state index in [1.165, 1.54) is 29.5 Å². The molecule has 0 radical (unpaired) electrons. The molecule has 20 heavy (non-hydrogen) atoms. The van der Waals surface area contributed by atoms with E-state index < -0.39 is 0 Å². The minimum absolute atomic E-state index is 0.102. The van der Waals surface area contributed by atoms with Gasteiger partial charge in [-0.25, -0.2) is 0 Å². The van der Waals surface area contributed by atoms with E-state index in [4.69, 9.17) is 4.74 Å². The molecule has 0 spiro atoms. The molecule has 0 amide bonds. The van der Waals surface area contributed by atoms with Gasteiger partial charge < -0.3 is 10.1 Å². The summed E-state index contributed by atoms with van der Waals surface area (Å²) in [5.41, 5.74) is 3.91. The number of esters is 1. The number of hydrogen-bond donors (Lipinski definition) is 1. The van der Waals surface area contributed by atoms with Crippen LogP contribution >= 0.6 is 0 Å². The summed E-state index contributed by atoms with van der Waals surface area (Å²) >= 11 is 0. The van der Waals surface area contributed by atoms with Gasteiger partial charge in [-0.1, -0.05) is 18.2 Å². The van der Waals surface area contributed by atoms with Crippen LogP contribution in [0.4, 0.5) is 0 Å². The monoisotopic (exact) mass is 275 g/mol. The Bertz CT molecular complexity index is 466. The summed E-state index contributed by atoms with van der Waals surface area (Å²) in [4.78, 5) is 11.7. The summed E-state index contributed by atoms with van der Waals surface area (Å²) in [6.07, 6.45) is 3.80. The SMILES string of the molecule is CCOC(=O)CC(Cc1ccc(C)c(C)c1)NC1CC1. The van der Waals surface area contributed by atoms with Crippen molar-refractivity contribution in [3.05, 3.63) is 34.9 Å². The summed E-state index contributed by atoms with van der Waals surface area (Å²) in [5, 5.41) is 3.56. The van der Waals surface area contributed by atoms with Gasteiger partial charge in [0.2, 0.25) is 0 Å². The maximum Gasteiger partial charge on any atom is 0.307 e. The first-order valence-corrected chi connectivity index (χ1v) is 7.56. The van der Waals surface area contributed by atoms with Gasteiger partial charge in [0, 0.05) is 12.1 Å². The third-order valence-corrected chi connectivity index (χ3v) is 3.82. The second-order valence-electron chi connectivity index (χ2n) is 5.77. The lowest BCUT2D eigenvalue weighted by Crippen LogP contribution is -2.35. The summed E-state index contributed by atoms with van der Waals surface area (Å²) in [7, 11) is 0. The molecule has 1 aliphatic carbocycles. The first-order chi connectivity index (χ1) is 9.58. The molecule has 1 atom stereocenters. The average Bonchev–Trinajstić information content (AvgIpc) is 3.18. The quantitative estimate of drug-likeness (QED) is 0.778. The highest BCUT2D eigenvalue weighted by molar-refractivity contribution is 5.70. The van der Waals surface area contributed by atoms with Crippen molar-refractivity contribution in [1.29, 1.82) is 0 Å². The Hall–Kier alpha value is -1.35. The minimum atomic E-state index is -0.102. The van der Waals surface area contributed by atoms with Crippen molar-refractivity contribution in [2.45, 2.75) is 58.5 Å². The predicted octanol–water partition coefficient (Wildman–Crippen LogP) is 2.92. The van der Waals surface area contributed by atoms with Crippen molar-refractivity contribution in [1.82, 2.24) is 5.32 Å². The lowest BCUT2D eigenvalue weighted by Gasteiger charge is -2.18. The zero-order valence-electron chi connectivity index (χ0n) is 12.7. The van der Waals surface area contributed by atoms with Crippen molar-refractivity contribution >= 4 is 5.97 Å². The van der Waals surface area contributed by atoms with Crippen LogP contribution in [-0.2, 0) is 16.0 Å². The maximum absolute atomic E-state index is 11.7. The molecule has 2 rings (SSSR count). The van der Waals surface area contributed by atoms with Crippen LogP contribution < -0.4 is 5.32 Å². The number of rotatable bonds is 7. The van der Waals surface area contributed by atoms with E-state index in [-0.39, 0.29) is 12.0 Å². The Labute approximate surface area is 121 Å². The molecule has 0 bridgehead atoms. The van der Waals surface area contributed by atoms with Crippen molar-refractivity contribution in [2.75, 3.05) is 6.61 Å². The van der Waals surface area contributed by atoms with E-state index in [1.54, 1.807) is 0 Å². The van der Waals surface area contributed by atoms with Crippen LogP contribution in [0.25, 0.3) is 0 Å². The van der Waals surface area contributed by atoms with Crippen molar-refractivity contribution in [3.8, 4) is 0 Å². The van der Waals surface area contributed by atoms with E-state index in [1.807, 2.05) is 6.92 Å². The predicted molar refractivity (Wildman–Crippen MR) is 80.8 cm³/mol. The Morgan fingerprint density at radius 1 is 1.35 bits per heavy atom. The van der Waals surface area contributed by atoms with Gasteiger partial charge in [0.1, 0.15) is 0 Å². The van der Waals surface area contributed by atoms with Gasteiger partial charge in [-0.3, -0.25) is 4.79 Å². The molecule has 1 saturated carbocycles. The highest BCUT2D eigenvalue weighted by Gasteiger charge is 2.26. The Kier molecular flexibility index (Phi) is 5.18. The normalized spacial score (nSPS) is 15.9. The fourth-order valence-corrected chi connectivity index (χ4v) is 2.41. The number of aryl methyl sites for hydroxylation is 2. The number of carbonyl (C=O) groups excluding carboxylic acids is 1. The van der Waals surface area contributed by atoms with E-state index in [0.717, 1.165) is 6.42 Å². The fraction of sp³-hybridized carbons (Fsp3) is 0.588. The molecule has 0 saturated heterocycles. The molecular formula is C17H25NO2. The van der Waals surface area contributed by atoms with E-state index >= 15 is 0 Å². The average molecular weight is 275 g/mol. The molecular weight excluding hydrogens is 250 g/mol. The van der Waals surface area contributed by atoms with Crippen molar-refractivity contribution in [2.24, 2.45) is 0 Å². The summed E-state index contributed by atoms with van der Waals surface area (Å²) in [5.74, 6) is -0.102. The van der Waals surface area contributed by atoms with Crippen LogP contribution in [0.15, 0.2) is 18.2 Å². The molecule has 1 aromatic rings. The fourth-order valence-electron chi connectivity index (χ4n) is 2.41. The first-order valence-electron chi connectivity index (χ1n) is 7.56. The highest BCUT2D eigenvalue weighted by Crippen LogP contribution is 2.21. The third-order valence-electron chi connectivity index (χ3n) is 3.82. The molecule has 0 aromatic heterocycles. The molecule has 3 nitrogen and oxygen atoms in total. The number of ether oxygens (including phenoxy) is 1. The van der Waals surface area contributed by atoms with Crippen LogP contribution in [0.2, 0.25) is 0 Å². The Morgan fingerprint density at radius 2 is 2.10 bits per heavy atom. The van der Waals surface area contributed by atoms with Crippen LogP contribution in [-0.4, -0.2) is 24.7 Å². The number of carbonyl (C=O) groups is 1. The maximum atomic E-state index is 11.7. The zero-order chi connectivity index (χ0) is 14.5. The third kappa shape index (κ3) is 4.64. The summed E-state index contributed by atoms with van der Waals surface area (Å²) in [6, 6.07) is 7.32. The summed E-state index contributed by atoms with van der Waals surface area (Å²) in [6.45, 7) is 6.56. The zero-order valence-corrected chi connectivity index (χ0v) is 12.7. The molecule has 1 aliphatic rings. The molecule has 1 fully saturated rings. The van der Waals surface area contributed by atoms with Crippen LogP contribution in [0.1, 0.15) is 42.9 Å². The molecule has 110 valence electrons. The largest absolute Gasteiger partial charge is 0.466 e. The van der Waals surface area contributed by atoms with Crippen LogP contribution in [0, 0.1) is 13.8 Å². The Balaban J connectivity index is 1.98. The summed E-state index contributed by atoms with van der Waals surface area (Å²) < 4.78 is 5.08. The lowest BCUT2D eigenvalue weighted by molar-refractivity contribution is -0.143. The minimum Gasteiger partial charge on any atom is -0.466 e. The van der Waals surface area contributed by atoms with Gasteiger partial charge in [-0.15, -0.1) is 0 Å². The second kappa shape index (κ2) is 6.89. The molecule has 3 heteroatoms. The second-order valence-corrected chi connectivity index (χ2v) is 5.77. The Morgan fingerprint density at radius 3 is 2.70 bits per heavy atom. The van der Waals surface area contributed by atoms with Gasteiger partial charge in [-0.05, 0) is 56.7 Å². The van der Waals surface area contributed by atoms with E-state index in [2.05, 4.69) is 37.4 Å². The van der Waals surface area contributed by atoms with Gasteiger partial charge in [-0.2, -0.15) is 0 Å². The topological polar surface area (TPSA) is 38.3 Å². The molecule has 0 heterocycles.